The van der Waals surface area contributed by atoms with Gasteiger partial charge in [0, 0.05) is 12.4 Å². The highest BCUT2D eigenvalue weighted by molar-refractivity contribution is 5.97. The van der Waals surface area contributed by atoms with Crippen LogP contribution in [0.1, 0.15) is 42.5 Å². The first-order valence-electron chi connectivity index (χ1n) is 7.36. The Hall–Kier alpha value is -2.50. The van der Waals surface area contributed by atoms with E-state index in [0.717, 1.165) is 21.5 Å². The smallest absolute Gasteiger partial charge is 0.428 e. The van der Waals surface area contributed by atoms with Crippen LogP contribution in [0.5, 0.6) is 0 Å². The van der Waals surface area contributed by atoms with Crippen LogP contribution in [0.3, 0.4) is 0 Å². The van der Waals surface area contributed by atoms with Crippen LogP contribution in [0.25, 0.3) is 11.0 Å². The number of nitrogens with one attached hydrogen (secondary N) is 1. The van der Waals surface area contributed by atoms with Gasteiger partial charge in [-0.15, -0.1) is 0 Å². The fraction of sp³-hybridized carbons (Fsp3) is 0.412. The molecule has 2 amide bonds. The fourth-order valence-electron chi connectivity index (χ4n) is 2.09. The third-order valence-electron chi connectivity index (χ3n) is 3.26. The molecular formula is C17H22N2O4. The van der Waals surface area contributed by atoms with Gasteiger partial charge in [-0.25, -0.2) is 9.80 Å². The third kappa shape index (κ3) is 3.83. The van der Waals surface area contributed by atoms with Crippen LogP contribution < -0.4 is 5.43 Å². The van der Waals surface area contributed by atoms with Gasteiger partial charge in [0.25, 0.3) is 0 Å². The summed E-state index contributed by atoms with van der Waals surface area (Å²) in [6, 6.07) is 5.59. The Balaban J connectivity index is 2.17. The van der Waals surface area contributed by atoms with Crippen molar-refractivity contribution in [3.05, 3.63) is 35.1 Å². The fourth-order valence-corrected chi connectivity index (χ4v) is 2.09. The summed E-state index contributed by atoms with van der Waals surface area (Å²) in [4.78, 5) is 24.1. The van der Waals surface area contributed by atoms with E-state index in [1.54, 1.807) is 26.8 Å². The second-order valence-corrected chi connectivity index (χ2v) is 6.53. The number of fused-ring (bicyclic) bond motifs is 1. The molecule has 0 radical (unpaired) electrons. The van der Waals surface area contributed by atoms with E-state index in [1.807, 2.05) is 26.0 Å². The Bertz CT molecular complexity index is 717. The average Bonchev–Trinajstić information content (AvgIpc) is 2.87. The lowest BCUT2D eigenvalue weighted by Crippen LogP contribution is -2.45. The second-order valence-electron chi connectivity index (χ2n) is 6.53. The first-order chi connectivity index (χ1) is 10.6. The van der Waals surface area contributed by atoms with Gasteiger partial charge in [0.2, 0.25) is 0 Å². The van der Waals surface area contributed by atoms with Crippen molar-refractivity contribution in [2.45, 2.75) is 40.2 Å². The SMILES string of the molecule is Cc1ccc(C)c2oc(C(=O)NN(C)C(=O)OC(C)(C)C)cc12. The molecule has 0 spiro atoms. The molecule has 1 aromatic carbocycles. The molecule has 1 aromatic heterocycles. The Kier molecular flexibility index (Phi) is 4.36. The molecule has 0 unspecified atom stereocenters. The van der Waals surface area contributed by atoms with Crippen molar-refractivity contribution < 1.29 is 18.7 Å². The molecule has 1 heterocycles. The van der Waals surface area contributed by atoms with Gasteiger partial charge in [-0.1, -0.05) is 12.1 Å². The minimum Gasteiger partial charge on any atom is -0.451 e. The summed E-state index contributed by atoms with van der Waals surface area (Å²) in [5.74, 6) is -0.360. The maximum absolute atomic E-state index is 12.3. The molecule has 2 rings (SSSR count). The van der Waals surface area contributed by atoms with Crippen molar-refractivity contribution in [3.63, 3.8) is 0 Å². The summed E-state index contributed by atoms with van der Waals surface area (Å²) in [5, 5.41) is 1.88. The molecule has 1 N–H and O–H groups in total. The topological polar surface area (TPSA) is 71.8 Å². The van der Waals surface area contributed by atoms with Gasteiger partial charge in [-0.05, 0) is 51.8 Å². The van der Waals surface area contributed by atoms with E-state index >= 15 is 0 Å². The number of rotatable bonds is 1. The van der Waals surface area contributed by atoms with E-state index < -0.39 is 17.6 Å². The highest BCUT2D eigenvalue weighted by atomic mass is 16.6. The lowest BCUT2D eigenvalue weighted by molar-refractivity contribution is 0.0191. The number of amides is 2. The van der Waals surface area contributed by atoms with Crippen LogP contribution in [0, 0.1) is 13.8 Å². The number of hydrogen-bond acceptors (Lipinski definition) is 4. The summed E-state index contributed by atoms with van der Waals surface area (Å²) >= 11 is 0. The number of nitrogens with zero attached hydrogens (tertiary/aromatic N) is 1. The summed E-state index contributed by atoms with van der Waals surface area (Å²) in [5.41, 5.74) is 4.46. The van der Waals surface area contributed by atoms with Gasteiger partial charge in [-0.3, -0.25) is 10.2 Å². The molecule has 2 aromatic rings. The predicted octanol–water partition coefficient (Wildman–Crippen LogP) is 3.56. The predicted molar refractivity (Wildman–Crippen MR) is 87.2 cm³/mol. The van der Waals surface area contributed by atoms with Crippen molar-refractivity contribution in [1.82, 2.24) is 10.4 Å². The number of furan rings is 1. The zero-order chi connectivity index (χ0) is 17.4. The van der Waals surface area contributed by atoms with Crippen molar-refractivity contribution in [1.29, 1.82) is 0 Å². The Morgan fingerprint density at radius 2 is 1.78 bits per heavy atom. The molecule has 0 aliphatic rings. The summed E-state index contributed by atoms with van der Waals surface area (Å²) < 4.78 is 10.8. The standard InChI is InChI=1S/C17H22N2O4/c1-10-7-8-11(2)14-12(10)9-13(22-14)15(20)18-19(6)16(21)23-17(3,4)5/h7-9H,1-6H3,(H,18,20). The van der Waals surface area contributed by atoms with Crippen LogP contribution in [0.2, 0.25) is 0 Å². The highest BCUT2D eigenvalue weighted by Gasteiger charge is 2.22. The number of carbonyl (C=O) groups is 2. The Labute approximate surface area is 135 Å². The number of aryl methyl sites for hydroxylation is 2. The molecule has 0 saturated carbocycles. The van der Waals surface area contributed by atoms with Crippen molar-refractivity contribution >= 4 is 23.0 Å². The lowest BCUT2D eigenvalue weighted by Gasteiger charge is -2.24. The largest absolute Gasteiger partial charge is 0.451 e. The van der Waals surface area contributed by atoms with Gasteiger partial charge in [0.1, 0.15) is 11.2 Å². The molecule has 124 valence electrons. The van der Waals surface area contributed by atoms with E-state index in [-0.39, 0.29) is 5.76 Å². The van der Waals surface area contributed by atoms with Crippen molar-refractivity contribution in [3.8, 4) is 0 Å². The van der Waals surface area contributed by atoms with Crippen molar-refractivity contribution in [2.75, 3.05) is 7.05 Å². The molecule has 0 saturated heterocycles. The minimum absolute atomic E-state index is 0.146. The van der Waals surface area contributed by atoms with E-state index in [0.29, 0.717) is 5.58 Å². The summed E-state index contributed by atoms with van der Waals surface area (Å²) in [7, 11) is 1.42. The van der Waals surface area contributed by atoms with E-state index in [9.17, 15) is 9.59 Å². The van der Waals surface area contributed by atoms with Crippen LogP contribution >= 0.6 is 0 Å². The zero-order valence-corrected chi connectivity index (χ0v) is 14.3. The maximum Gasteiger partial charge on any atom is 0.428 e. The molecule has 0 bridgehead atoms. The highest BCUT2D eigenvalue weighted by Crippen LogP contribution is 2.25. The molecule has 6 nitrogen and oxygen atoms in total. The zero-order valence-electron chi connectivity index (χ0n) is 14.3. The number of hydrogen-bond donors (Lipinski definition) is 1. The van der Waals surface area contributed by atoms with Gasteiger partial charge in [0.15, 0.2) is 5.76 Å². The maximum atomic E-state index is 12.3. The second kappa shape index (κ2) is 5.95. The summed E-state index contributed by atoms with van der Waals surface area (Å²) in [6.45, 7) is 9.13. The van der Waals surface area contributed by atoms with Gasteiger partial charge in [-0.2, -0.15) is 0 Å². The molecule has 0 atom stereocenters. The third-order valence-corrected chi connectivity index (χ3v) is 3.26. The first kappa shape index (κ1) is 16.9. The van der Waals surface area contributed by atoms with E-state index in [4.69, 9.17) is 9.15 Å². The average molecular weight is 318 g/mol. The van der Waals surface area contributed by atoms with E-state index in [2.05, 4.69) is 5.43 Å². The van der Waals surface area contributed by atoms with Gasteiger partial charge >= 0.3 is 12.0 Å². The number of ether oxygens (including phenoxy) is 1. The Morgan fingerprint density at radius 1 is 1.17 bits per heavy atom. The number of hydrazine groups is 1. The molecule has 0 aliphatic heterocycles. The molecule has 0 aliphatic carbocycles. The molecular weight excluding hydrogens is 296 g/mol. The number of benzene rings is 1. The van der Waals surface area contributed by atoms with Crippen LogP contribution in [-0.4, -0.2) is 29.7 Å². The normalized spacial score (nSPS) is 11.4. The van der Waals surface area contributed by atoms with Crippen LogP contribution in [-0.2, 0) is 4.74 Å². The monoisotopic (exact) mass is 318 g/mol. The molecule has 6 heteroatoms. The molecule has 23 heavy (non-hydrogen) atoms. The quantitative estimate of drug-likeness (QED) is 0.816. The Morgan fingerprint density at radius 3 is 2.35 bits per heavy atom. The van der Waals surface area contributed by atoms with Gasteiger partial charge in [0.05, 0.1) is 0 Å². The van der Waals surface area contributed by atoms with Crippen LogP contribution in [0.4, 0.5) is 4.79 Å². The van der Waals surface area contributed by atoms with Gasteiger partial charge < -0.3 is 9.15 Å². The molecule has 0 fully saturated rings. The summed E-state index contributed by atoms with van der Waals surface area (Å²) in [6.07, 6.45) is -0.644. The lowest BCUT2D eigenvalue weighted by atomic mass is 10.1. The number of carbonyl (C=O) groups excluding carboxylic acids is 2. The first-order valence-corrected chi connectivity index (χ1v) is 7.36. The van der Waals surface area contributed by atoms with Crippen LogP contribution in [0.15, 0.2) is 22.6 Å². The van der Waals surface area contributed by atoms with E-state index in [1.165, 1.54) is 7.05 Å². The minimum atomic E-state index is -0.644. The van der Waals surface area contributed by atoms with Crippen molar-refractivity contribution in [2.24, 2.45) is 0 Å².